The van der Waals surface area contributed by atoms with E-state index in [1.165, 1.54) is 0 Å². The summed E-state index contributed by atoms with van der Waals surface area (Å²) in [5.74, 6) is 1.64. The minimum Gasteiger partial charge on any atom is -0.497 e. The molecule has 1 heterocycles. The van der Waals surface area contributed by atoms with Crippen molar-refractivity contribution in [2.24, 2.45) is 0 Å². The second-order valence-corrected chi connectivity index (χ2v) is 3.71. The quantitative estimate of drug-likeness (QED) is 0.738. The zero-order valence-corrected chi connectivity index (χ0v) is 9.26. The van der Waals surface area contributed by atoms with Crippen molar-refractivity contribution in [3.63, 3.8) is 0 Å². The summed E-state index contributed by atoms with van der Waals surface area (Å²) in [6.07, 6.45) is 1.01. The molecule has 1 aliphatic heterocycles. The third-order valence-electron chi connectivity index (χ3n) is 2.60. The van der Waals surface area contributed by atoms with Crippen molar-refractivity contribution in [2.75, 3.05) is 20.3 Å². The molecule has 1 aliphatic rings. The fraction of sp³-hybridized carbons (Fsp3) is 0.500. The second kappa shape index (κ2) is 5.18. The monoisotopic (exact) mass is 224 g/mol. The van der Waals surface area contributed by atoms with E-state index in [-0.39, 0.29) is 18.8 Å². The Morgan fingerprint density at radius 3 is 2.44 bits per heavy atom. The average Bonchev–Trinajstić information content (AvgIpc) is 3.09. The van der Waals surface area contributed by atoms with Crippen LogP contribution in [0.4, 0.5) is 0 Å². The number of hydrogen-bond donors (Lipinski definition) is 1. The molecule has 0 bridgehead atoms. The van der Waals surface area contributed by atoms with Gasteiger partial charge in [0.25, 0.3) is 0 Å². The summed E-state index contributed by atoms with van der Waals surface area (Å²) in [4.78, 5) is 0. The highest BCUT2D eigenvalue weighted by Gasteiger charge is 2.37. The van der Waals surface area contributed by atoms with Crippen LogP contribution in [0.25, 0.3) is 0 Å². The molecule has 1 aromatic rings. The summed E-state index contributed by atoms with van der Waals surface area (Å²) in [6.45, 7) is 0.709. The van der Waals surface area contributed by atoms with E-state index in [0.29, 0.717) is 6.61 Å². The van der Waals surface area contributed by atoms with Gasteiger partial charge in [-0.3, -0.25) is 0 Å². The van der Waals surface area contributed by atoms with Crippen molar-refractivity contribution in [3.8, 4) is 11.5 Å². The number of methoxy groups -OCH3 is 1. The first-order valence-electron chi connectivity index (χ1n) is 5.36. The summed E-state index contributed by atoms with van der Waals surface area (Å²) in [5, 5.41) is 8.77. The molecule has 0 spiro atoms. The van der Waals surface area contributed by atoms with Crippen LogP contribution in [-0.2, 0) is 4.74 Å². The van der Waals surface area contributed by atoms with E-state index in [1.807, 2.05) is 24.3 Å². The maximum absolute atomic E-state index is 8.77. The van der Waals surface area contributed by atoms with Gasteiger partial charge in [0, 0.05) is 6.42 Å². The van der Waals surface area contributed by atoms with E-state index < -0.39 is 0 Å². The molecule has 4 nitrogen and oxygen atoms in total. The summed E-state index contributed by atoms with van der Waals surface area (Å²) in [6, 6.07) is 7.46. The number of hydrogen-bond acceptors (Lipinski definition) is 4. The maximum Gasteiger partial charge on any atom is 0.119 e. The van der Waals surface area contributed by atoms with Crippen molar-refractivity contribution in [1.29, 1.82) is 0 Å². The second-order valence-electron chi connectivity index (χ2n) is 3.71. The van der Waals surface area contributed by atoms with Gasteiger partial charge in [0.15, 0.2) is 0 Å². The number of rotatable bonds is 6. The number of aliphatic hydroxyl groups is 1. The van der Waals surface area contributed by atoms with E-state index in [9.17, 15) is 0 Å². The normalized spacial score (nSPS) is 22.9. The highest BCUT2D eigenvalue weighted by atomic mass is 16.6. The first-order chi connectivity index (χ1) is 7.83. The minimum atomic E-state index is 0.0273. The molecule has 16 heavy (non-hydrogen) atoms. The third-order valence-corrected chi connectivity index (χ3v) is 2.60. The van der Waals surface area contributed by atoms with Crippen LogP contribution in [-0.4, -0.2) is 37.6 Å². The van der Waals surface area contributed by atoms with Crippen LogP contribution in [0.15, 0.2) is 24.3 Å². The smallest absolute Gasteiger partial charge is 0.119 e. The number of epoxide rings is 1. The molecule has 0 saturated carbocycles. The van der Waals surface area contributed by atoms with Crippen molar-refractivity contribution in [1.82, 2.24) is 0 Å². The Kier molecular flexibility index (Phi) is 3.64. The van der Waals surface area contributed by atoms with Gasteiger partial charge in [-0.2, -0.15) is 0 Å². The van der Waals surface area contributed by atoms with E-state index in [2.05, 4.69) is 0 Å². The lowest BCUT2D eigenvalue weighted by molar-refractivity contribution is 0.239. The fourth-order valence-electron chi connectivity index (χ4n) is 1.56. The molecule has 88 valence electrons. The van der Waals surface area contributed by atoms with Gasteiger partial charge in [0.1, 0.15) is 17.6 Å². The molecule has 1 aromatic carbocycles. The topological polar surface area (TPSA) is 51.2 Å². The van der Waals surface area contributed by atoms with Crippen molar-refractivity contribution in [3.05, 3.63) is 24.3 Å². The van der Waals surface area contributed by atoms with Crippen molar-refractivity contribution < 1.29 is 19.3 Å². The molecule has 1 saturated heterocycles. The Hall–Kier alpha value is -1.26. The van der Waals surface area contributed by atoms with Crippen LogP contribution in [0.2, 0.25) is 0 Å². The molecular weight excluding hydrogens is 208 g/mol. The Balaban J connectivity index is 1.69. The first-order valence-corrected chi connectivity index (χ1v) is 5.36. The largest absolute Gasteiger partial charge is 0.497 e. The lowest BCUT2D eigenvalue weighted by atomic mass is 10.2. The van der Waals surface area contributed by atoms with Gasteiger partial charge in [-0.1, -0.05) is 0 Å². The highest BCUT2D eigenvalue weighted by Crippen LogP contribution is 2.25. The lowest BCUT2D eigenvalue weighted by Crippen LogP contribution is -2.05. The molecule has 1 fully saturated rings. The molecular formula is C12H16O4. The van der Waals surface area contributed by atoms with Crippen LogP contribution in [0.3, 0.4) is 0 Å². The molecule has 0 unspecified atom stereocenters. The Morgan fingerprint density at radius 1 is 1.19 bits per heavy atom. The standard InChI is InChI=1S/C12H16O4/c1-14-9-2-4-10(5-3-9)15-7-6-11-12(8-13)16-11/h2-5,11-13H,6-8H2,1H3/t11-,12-/m0/s1. The Labute approximate surface area is 94.8 Å². The van der Waals surface area contributed by atoms with E-state index in [0.717, 1.165) is 17.9 Å². The number of aliphatic hydroxyl groups excluding tert-OH is 1. The predicted octanol–water partition coefficient (Wildman–Crippen LogP) is 1.22. The average molecular weight is 224 g/mol. The third kappa shape index (κ3) is 2.87. The van der Waals surface area contributed by atoms with Crippen LogP contribution in [0, 0.1) is 0 Å². The van der Waals surface area contributed by atoms with E-state index in [1.54, 1.807) is 7.11 Å². The molecule has 2 rings (SSSR count). The van der Waals surface area contributed by atoms with Crippen LogP contribution in [0.1, 0.15) is 6.42 Å². The van der Waals surface area contributed by atoms with Gasteiger partial charge in [0.2, 0.25) is 0 Å². The number of benzene rings is 1. The van der Waals surface area contributed by atoms with Gasteiger partial charge in [-0.25, -0.2) is 0 Å². The fourth-order valence-corrected chi connectivity index (χ4v) is 1.56. The van der Waals surface area contributed by atoms with Gasteiger partial charge < -0.3 is 19.3 Å². The number of ether oxygens (including phenoxy) is 3. The Bertz CT molecular complexity index is 322. The molecule has 0 aliphatic carbocycles. The van der Waals surface area contributed by atoms with Crippen LogP contribution in [0.5, 0.6) is 11.5 Å². The van der Waals surface area contributed by atoms with Gasteiger partial charge >= 0.3 is 0 Å². The first kappa shape index (κ1) is 11.2. The molecule has 0 radical (unpaired) electrons. The molecule has 4 heteroatoms. The summed E-state index contributed by atoms with van der Waals surface area (Å²) in [7, 11) is 1.63. The predicted molar refractivity (Wildman–Crippen MR) is 58.9 cm³/mol. The van der Waals surface area contributed by atoms with Crippen LogP contribution >= 0.6 is 0 Å². The van der Waals surface area contributed by atoms with Gasteiger partial charge in [-0.15, -0.1) is 0 Å². The molecule has 0 amide bonds. The SMILES string of the molecule is COc1ccc(OCC[C@@H]2O[C@H]2CO)cc1. The van der Waals surface area contributed by atoms with Gasteiger partial charge in [-0.05, 0) is 24.3 Å². The summed E-state index contributed by atoms with van der Waals surface area (Å²) in [5.41, 5.74) is 0. The summed E-state index contributed by atoms with van der Waals surface area (Å²) < 4.78 is 15.8. The Morgan fingerprint density at radius 2 is 1.88 bits per heavy atom. The minimum absolute atomic E-state index is 0.0273. The van der Waals surface area contributed by atoms with E-state index in [4.69, 9.17) is 19.3 Å². The lowest BCUT2D eigenvalue weighted by Gasteiger charge is -2.05. The zero-order valence-electron chi connectivity index (χ0n) is 9.26. The van der Waals surface area contributed by atoms with E-state index >= 15 is 0 Å². The summed E-state index contributed by atoms with van der Waals surface area (Å²) >= 11 is 0. The molecule has 2 atom stereocenters. The maximum atomic E-state index is 8.77. The van der Waals surface area contributed by atoms with Crippen LogP contribution < -0.4 is 9.47 Å². The van der Waals surface area contributed by atoms with Crippen molar-refractivity contribution in [2.45, 2.75) is 18.6 Å². The zero-order chi connectivity index (χ0) is 11.4. The van der Waals surface area contributed by atoms with Crippen molar-refractivity contribution >= 4 is 0 Å². The van der Waals surface area contributed by atoms with Gasteiger partial charge in [0.05, 0.1) is 26.4 Å². The molecule has 0 aromatic heterocycles. The highest BCUT2D eigenvalue weighted by molar-refractivity contribution is 5.31. The molecule has 1 N–H and O–H groups in total.